The highest BCUT2D eigenvalue weighted by atomic mass is 79.9. The first-order chi connectivity index (χ1) is 9.15. The van der Waals surface area contributed by atoms with E-state index in [0.717, 1.165) is 5.56 Å². The molecule has 0 aromatic heterocycles. The monoisotopic (exact) mass is 322 g/mol. The quantitative estimate of drug-likeness (QED) is 0.883. The van der Waals surface area contributed by atoms with Crippen LogP contribution in [0.1, 0.15) is 5.56 Å². The molecule has 2 aromatic carbocycles. The lowest BCUT2D eigenvalue weighted by atomic mass is 10.2. The van der Waals surface area contributed by atoms with Crippen LogP contribution in [0.4, 0.5) is 14.9 Å². The molecule has 2 N–H and O–H groups in total. The lowest BCUT2D eigenvalue weighted by Crippen LogP contribution is -2.28. The molecule has 0 radical (unpaired) electrons. The maximum Gasteiger partial charge on any atom is 0.319 e. The molecule has 98 valence electrons. The molecule has 0 atom stereocenters. The van der Waals surface area contributed by atoms with Crippen LogP contribution in [0, 0.1) is 5.82 Å². The van der Waals surface area contributed by atoms with E-state index in [2.05, 4.69) is 26.6 Å². The van der Waals surface area contributed by atoms with Gasteiger partial charge in [0.2, 0.25) is 0 Å². The van der Waals surface area contributed by atoms with E-state index < -0.39 is 0 Å². The molecule has 2 rings (SSSR count). The number of urea groups is 1. The first-order valence-corrected chi connectivity index (χ1v) is 6.48. The van der Waals surface area contributed by atoms with Crippen LogP contribution < -0.4 is 10.6 Å². The normalized spacial score (nSPS) is 10.0. The van der Waals surface area contributed by atoms with Crippen molar-refractivity contribution in [1.82, 2.24) is 5.32 Å². The summed E-state index contributed by atoms with van der Waals surface area (Å²) in [6, 6.07) is 13.3. The molecule has 0 saturated carbocycles. The van der Waals surface area contributed by atoms with E-state index >= 15 is 0 Å². The van der Waals surface area contributed by atoms with Crippen LogP contribution in [-0.4, -0.2) is 6.03 Å². The highest BCUT2D eigenvalue weighted by Gasteiger charge is 2.05. The summed E-state index contributed by atoms with van der Waals surface area (Å²) in [7, 11) is 0. The number of carbonyl (C=O) groups is 1. The fourth-order valence-electron chi connectivity index (χ4n) is 1.54. The van der Waals surface area contributed by atoms with Gasteiger partial charge in [-0.1, -0.05) is 30.3 Å². The van der Waals surface area contributed by atoms with Crippen molar-refractivity contribution in [3.8, 4) is 0 Å². The lowest BCUT2D eigenvalue weighted by Gasteiger charge is -2.09. The summed E-state index contributed by atoms with van der Waals surface area (Å²) in [5, 5.41) is 5.37. The van der Waals surface area contributed by atoms with Crippen LogP contribution in [0.2, 0.25) is 0 Å². The molecule has 0 aliphatic rings. The molecule has 2 aromatic rings. The van der Waals surface area contributed by atoms with Gasteiger partial charge in [0, 0.05) is 11.0 Å². The van der Waals surface area contributed by atoms with Gasteiger partial charge in [-0.3, -0.25) is 0 Å². The molecular formula is C14H12BrFN2O. The van der Waals surface area contributed by atoms with Crippen LogP contribution in [0.15, 0.2) is 53.0 Å². The average molecular weight is 323 g/mol. The van der Waals surface area contributed by atoms with Crippen LogP contribution in [0.5, 0.6) is 0 Å². The highest BCUT2D eigenvalue weighted by molar-refractivity contribution is 9.10. The Hall–Kier alpha value is -1.88. The van der Waals surface area contributed by atoms with Crippen LogP contribution in [0.3, 0.4) is 0 Å². The van der Waals surface area contributed by atoms with Gasteiger partial charge in [0.1, 0.15) is 5.82 Å². The molecule has 0 spiro atoms. The van der Waals surface area contributed by atoms with E-state index in [-0.39, 0.29) is 11.8 Å². The predicted molar refractivity (Wildman–Crippen MR) is 76.4 cm³/mol. The van der Waals surface area contributed by atoms with Gasteiger partial charge >= 0.3 is 6.03 Å². The third-order valence-electron chi connectivity index (χ3n) is 2.48. The zero-order chi connectivity index (χ0) is 13.7. The predicted octanol–water partition coefficient (Wildman–Crippen LogP) is 3.91. The summed E-state index contributed by atoms with van der Waals surface area (Å²) < 4.78 is 13.4. The molecule has 5 heteroatoms. The minimum atomic E-state index is -0.359. The molecule has 0 fully saturated rings. The van der Waals surface area contributed by atoms with Crippen molar-refractivity contribution in [2.24, 2.45) is 0 Å². The van der Waals surface area contributed by atoms with Crippen LogP contribution >= 0.6 is 15.9 Å². The summed E-state index contributed by atoms with van der Waals surface area (Å²) in [4.78, 5) is 11.7. The Balaban J connectivity index is 1.91. The summed E-state index contributed by atoms with van der Waals surface area (Å²) in [5.41, 5.74) is 1.53. The Kier molecular flexibility index (Phi) is 4.52. The third-order valence-corrected chi connectivity index (χ3v) is 3.13. The van der Waals surface area contributed by atoms with E-state index in [1.807, 2.05) is 30.3 Å². The SMILES string of the molecule is O=C(NCc1ccccc1)Nc1ccc(F)cc1Br. The van der Waals surface area contributed by atoms with Crippen LogP contribution in [-0.2, 0) is 6.54 Å². The van der Waals surface area contributed by atoms with Crippen LogP contribution in [0.25, 0.3) is 0 Å². The Morgan fingerprint density at radius 1 is 1.16 bits per heavy atom. The Morgan fingerprint density at radius 3 is 2.58 bits per heavy atom. The maximum absolute atomic E-state index is 12.9. The van der Waals surface area contributed by atoms with E-state index in [1.165, 1.54) is 18.2 Å². The fourth-order valence-corrected chi connectivity index (χ4v) is 1.99. The summed E-state index contributed by atoms with van der Waals surface area (Å²) in [6.07, 6.45) is 0. The number of carbonyl (C=O) groups excluding carboxylic acids is 1. The highest BCUT2D eigenvalue weighted by Crippen LogP contribution is 2.22. The maximum atomic E-state index is 12.9. The molecule has 0 aliphatic heterocycles. The van der Waals surface area contributed by atoms with Gasteiger partial charge in [0.05, 0.1) is 5.69 Å². The van der Waals surface area contributed by atoms with Crippen molar-refractivity contribution in [3.63, 3.8) is 0 Å². The molecule has 2 amide bonds. The van der Waals surface area contributed by atoms with Gasteiger partial charge in [0.15, 0.2) is 0 Å². The van der Waals surface area contributed by atoms with E-state index in [9.17, 15) is 9.18 Å². The number of hydrogen-bond donors (Lipinski definition) is 2. The molecule has 19 heavy (non-hydrogen) atoms. The van der Waals surface area contributed by atoms with Gasteiger partial charge in [-0.2, -0.15) is 0 Å². The first kappa shape index (κ1) is 13.5. The van der Waals surface area contributed by atoms with Crippen molar-refractivity contribution >= 4 is 27.6 Å². The van der Waals surface area contributed by atoms with Crippen molar-refractivity contribution in [2.45, 2.75) is 6.54 Å². The van der Waals surface area contributed by atoms with E-state index in [0.29, 0.717) is 16.7 Å². The Bertz CT molecular complexity index is 575. The molecule has 0 heterocycles. The summed E-state index contributed by atoms with van der Waals surface area (Å²) >= 11 is 3.19. The van der Waals surface area contributed by atoms with Crippen molar-refractivity contribution in [3.05, 3.63) is 64.4 Å². The summed E-state index contributed by atoms with van der Waals surface area (Å²) in [6.45, 7) is 0.436. The molecular weight excluding hydrogens is 311 g/mol. The number of rotatable bonds is 3. The standard InChI is InChI=1S/C14H12BrFN2O/c15-12-8-11(16)6-7-13(12)18-14(19)17-9-10-4-2-1-3-5-10/h1-8H,9H2,(H2,17,18,19). The number of anilines is 1. The molecule has 0 unspecified atom stereocenters. The number of nitrogens with one attached hydrogen (secondary N) is 2. The lowest BCUT2D eigenvalue weighted by molar-refractivity contribution is 0.251. The minimum Gasteiger partial charge on any atom is -0.334 e. The Labute approximate surface area is 119 Å². The molecule has 0 bridgehead atoms. The van der Waals surface area contributed by atoms with Crippen molar-refractivity contribution in [2.75, 3.05) is 5.32 Å². The van der Waals surface area contributed by atoms with Gasteiger partial charge in [-0.05, 0) is 39.7 Å². The van der Waals surface area contributed by atoms with Crippen molar-refractivity contribution in [1.29, 1.82) is 0 Å². The van der Waals surface area contributed by atoms with E-state index in [4.69, 9.17) is 0 Å². The number of benzene rings is 2. The number of hydrogen-bond acceptors (Lipinski definition) is 1. The second-order valence-electron chi connectivity index (χ2n) is 3.92. The molecule has 0 aliphatic carbocycles. The topological polar surface area (TPSA) is 41.1 Å². The average Bonchev–Trinajstić information content (AvgIpc) is 2.41. The Morgan fingerprint density at radius 2 is 1.89 bits per heavy atom. The number of halogens is 2. The number of amides is 2. The largest absolute Gasteiger partial charge is 0.334 e. The third kappa shape index (κ3) is 4.06. The van der Waals surface area contributed by atoms with Gasteiger partial charge < -0.3 is 10.6 Å². The first-order valence-electron chi connectivity index (χ1n) is 5.69. The smallest absolute Gasteiger partial charge is 0.319 e. The second-order valence-corrected chi connectivity index (χ2v) is 4.77. The fraction of sp³-hybridized carbons (Fsp3) is 0.0714. The zero-order valence-corrected chi connectivity index (χ0v) is 11.6. The second kappa shape index (κ2) is 6.33. The molecule has 3 nitrogen and oxygen atoms in total. The minimum absolute atomic E-state index is 0.337. The zero-order valence-electron chi connectivity index (χ0n) is 9.99. The summed E-state index contributed by atoms with van der Waals surface area (Å²) in [5.74, 6) is -0.359. The van der Waals surface area contributed by atoms with Gasteiger partial charge in [-0.25, -0.2) is 9.18 Å². The van der Waals surface area contributed by atoms with Crippen molar-refractivity contribution < 1.29 is 9.18 Å². The van der Waals surface area contributed by atoms with Gasteiger partial charge in [-0.15, -0.1) is 0 Å². The van der Waals surface area contributed by atoms with E-state index in [1.54, 1.807) is 0 Å². The molecule has 0 saturated heterocycles. The van der Waals surface area contributed by atoms with Gasteiger partial charge in [0.25, 0.3) is 0 Å².